The monoisotopic (exact) mass is 594 g/mol. The Balaban J connectivity index is 1.46. The Bertz CT molecular complexity index is 1280. The summed E-state index contributed by atoms with van der Waals surface area (Å²) in [6, 6.07) is 31.8. The lowest BCUT2D eigenvalue weighted by atomic mass is 10.1. The van der Waals surface area contributed by atoms with Crippen molar-refractivity contribution in [2.24, 2.45) is 0 Å². The summed E-state index contributed by atoms with van der Waals surface area (Å²) in [5, 5.41) is 5.49. The Morgan fingerprint density at radius 1 is 0.771 bits per heavy atom. The van der Waals surface area contributed by atoms with Crippen molar-refractivity contribution in [3.8, 4) is 5.75 Å². The maximum atomic E-state index is 13.2. The van der Waals surface area contributed by atoms with Gasteiger partial charge in [0.1, 0.15) is 11.0 Å². The fourth-order valence-electron chi connectivity index (χ4n) is 3.34. The van der Waals surface area contributed by atoms with Gasteiger partial charge in [0.15, 0.2) is 0 Å². The second-order valence-electron chi connectivity index (χ2n) is 7.61. The fourth-order valence-corrected chi connectivity index (χ4v) is 4.72. The number of anilines is 2. The Labute approximate surface area is 222 Å². The smallest absolute Gasteiger partial charge is 0.255 e. The van der Waals surface area contributed by atoms with Gasteiger partial charge < -0.3 is 15.4 Å². The van der Waals surface area contributed by atoms with Crippen LogP contribution < -0.4 is 15.4 Å². The van der Waals surface area contributed by atoms with Gasteiger partial charge in [-0.3, -0.25) is 9.59 Å². The maximum absolute atomic E-state index is 13.2. The van der Waals surface area contributed by atoms with Crippen LogP contribution in [0, 0.1) is 3.57 Å². The molecule has 176 valence electrons. The van der Waals surface area contributed by atoms with E-state index in [2.05, 4.69) is 33.2 Å². The van der Waals surface area contributed by atoms with Crippen LogP contribution in [0.5, 0.6) is 5.75 Å². The molecule has 0 saturated carbocycles. The summed E-state index contributed by atoms with van der Waals surface area (Å²) in [6.07, 6.45) is 0. The number of ether oxygens (including phenoxy) is 1. The number of thioether (sulfide) groups is 1. The minimum atomic E-state index is -0.435. The van der Waals surface area contributed by atoms with Gasteiger partial charge in [0.25, 0.3) is 5.91 Å². The molecule has 2 amide bonds. The third kappa shape index (κ3) is 6.86. The van der Waals surface area contributed by atoms with E-state index in [1.807, 2.05) is 78.9 Å². The van der Waals surface area contributed by atoms with Crippen LogP contribution >= 0.6 is 34.4 Å². The van der Waals surface area contributed by atoms with Crippen molar-refractivity contribution in [3.63, 3.8) is 0 Å². The molecule has 0 fully saturated rings. The zero-order valence-electron chi connectivity index (χ0n) is 18.9. The molecule has 1 atom stereocenters. The number of benzene rings is 4. The van der Waals surface area contributed by atoms with Crippen LogP contribution in [0.3, 0.4) is 0 Å². The van der Waals surface area contributed by atoms with Crippen molar-refractivity contribution in [1.29, 1.82) is 0 Å². The molecule has 0 aliphatic carbocycles. The van der Waals surface area contributed by atoms with Crippen LogP contribution in [-0.2, 0) is 4.79 Å². The number of nitrogens with one attached hydrogen (secondary N) is 2. The Morgan fingerprint density at radius 2 is 1.37 bits per heavy atom. The second kappa shape index (κ2) is 11.9. The predicted molar refractivity (Wildman–Crippen MR) is 150 cm³/mol. The van der Waals surface area contributed by atoms with Crippen molar-refractivity contribution in [2.75, 3.05) is 17.7 Å². The molecule has 0 aliphatic heterocycles. The zero-order chi connectivity index (χ0) is 24.6. The molecule has 0 spiro atoms. The molecule has 4 aromatic carbocycles. The van der Waals surface area contributed by atoms with Crippen LogP contribution in [-0.4, -0.2) is 18.9 Å². The molecule has 0 radical (unpaired) electrons. The molecule has 1 unspecified atom stereocenters. The highest BCUT2D eigenvalue weighted by molar-refractivity contribution is 14.1. The van der Waals surface area contributed by atoms with Gasteiger partial charge in [-0.1, -0.05) is 30.3 Å². The molecule has 5 nitrogen and oxygen atoms in total. The highest BCUT2D eigenvalue weighted by Gasteiger charge is 2.22. The molecule has 0 aromatic heterocycles. The topological polar surface area (TPSA) is 67.4 Å². The normalized spacial score (nSPS) is 11.4. The number of methoxy groups -OCH3 is 1. The number of hydrogen-bond acceptors (Lipinski definition) is 4. The highest BCUT2D eigenvalue weighted by atomic mass is 127. The van der Waals surface area contributed by atoms with Crippen LogP contribution in [0.2, 0.25) is 0 Å². The summed E-state index contributed by atoms with van der Waals surface area (Å²) >= 11 is 3.70. The number of hydrogen-bond donors (Lipinski definition) is 2. The third-order valence-electron chi connectivity index (χ3n) is 5.17. The first kappa shape index (κ1) is 24.8. The molecular formula is C28H23IN2O3S. The SMILES string of the molecule is COc1ccc(C(=O)Nc2ccc(SC(C(=O)Nc3ccc(I)cc3)c3ccccc3)cc2)cc1. The third-order valence-corrected chi connectivity index (χ3v) is 7.16. The minimum Gasteiger partial charge on any atom is -0.497 e. The average molecular weight is 594 g/mol. The number of halogens is 1. The maximum Gasteiger partial charge on any atom is 0.255 e. The molecule has 0 bridgehead atoms. The van der Waals surface area contributed by atoms with Gasteiger partial charge in [-0.05, 0) is 101 Å². The highest BCUT2D eigenvalue weighted by Crippen LogP contribution is 2.36. The van der Waals surface area contributed by atoms with Crippen LogP contribution in [0.4, 0.5) is 11.4 Å². The first-order chi connectivity index (χ1) is 17.0. The van der Waals surface area contributed by atoms with Gasteiger partial charge in [-0.2, -0.15) is 0 Å². The van der Waals surface area contributed by atoms with E-state index >= 15 is 0 Å². The summed E-state index contributed by atoms with van der Waals surface area (Å²) < 4.78 is 6.24. The summed E-state index contributed by atoms with van der Waals surface area (Å²) in [5.74, 6) is 0.397. The quantitative estimate of drug-likeness (QED) is 0.170. The van der Waals surface area contributed by atoms with Crippen molar-refractivity contribution >= 4 is 57.5 Å². The van der Waals surface area contributed by atoms with Gasteiger partial charge in [-0.15, -0.1) is 11.8 Å². The van der Waals surface area contributed by atoms with E-state index in [9.17, 15) is 9.59 Å². The first-order valence-corrected chi connectivity index (χ1v) is 12.8. The van der Waals surface area contributed by atoms with Crippen molar-refractivity contribution < 1.29 is 14.3 Å². The number of carbonyl (C=O) groups is 2. The van der Waals surface area contributed by atoms with Gasteiger partial charge in [0.05, 0.1) is 7.11 Å². The summed E-state index contributed by atoms with van der Waals surface area (Å²) in [5.41, 5.74) is 2.89. The largest absolute Gasteiger partial charge is 0.497 e. The number of rotatable bonds is 8. The Hall–Kier alpha value is -3.30. The van der Waals surface area contributed by atoms with E-state index < -0.39 is 5.25 Å². The average Bonchev–Trinajstić information content (AvgIpc) is 2.90. The lowest BCUT2D eigenvalue weighted by Crippen LogP contribution is -2.19. The Kier molecular flexibility index (Phi) is 8.44. The molecule has 4 aromatic rings. The van der Waals surface area contributed by atoms with Crippen LogP contribution in [0.25, 0.3) is 0 Å². The van der Waals surface area contributed by atoms with Crippen molar-refractivity contribution in [3.05, 3.63) is 118 Å². The van der Waals surface area contributed by atoms with E-state index in [0.717, 1.165) is 19.7 Å². The standard InChI is InChI=1S/C28H23IN2O3S/c1-34-24-15-7-20(8-16-24)27(32)30-23-13-17-25(18-14-23)35-26(19-5-3-2-4-6-19)28(33)31-22-11-9-21(29)10-12-22/h2-18,26H,1H3,(H,30,32)(H,31,33). The molecule has 0 aliphatic rings. The molecule has 35 heavy (non-hydrogen) atoms. The lowest BCUT2D eigenvalue weighted by molar-refractivity contribution is -0.115. The summed E-state index contributed by atoms with van der Waals surface area (Å²) in [4.78, 5) is 26.7. The predicted octanol–water partition coefficient (Wildman–Crippen LogP) is 7.02. The second-order valence-corrected chi connectivity index (χ2v) is 10.0. The molecular weight excluding hydrogens is 571 g/mol. The minimum absolute atomic E-state index is 0.0979. The molecule has 7 heteroatoms. The van der Waals surface area contributed by atoms with Gasteiger partial charge in [-0.25, -0.2) is 0 Å². The van der Waals surface area contributed by atoms with Gasteiger partial charge >= 0.3 is 0 Å². The van der Waals surface area contributed by atoms with E-state index in [1.54, 1.807) is 31.4 Å². The van der Waals surface area contributed by atoms with Gasteiger partial charge in [0, 0.05) is 25.4 Å². The first-order valence-electron chi connectivity index (χ1n) is 10.9. The van der Waals surface area contributed by atoms with Crippen molar-refractivity contribution in [2.45, 2.75) is 10.1 Å². The lowest BCUT2D eigenvalue weighted by Gasteiger charge is -2.17. The summed E-state index contributed by atoms with van der Waals surface area (Å²) in [6.45, 7) is 0. The van der Waals surface area contributed by atoms with E-state index in [-0.39, 0.29) is 11.8 Å². The van der Waals surface area contributed by atoms with E-state index in [4.69, 9.17) is 4.74 Å². The fraction of sp³-hybridized carbons (Fsp3) is 0.0714. The van der Waals surface area contributed by atoms with Gasteiger partial charge in [0.2, 0.25) is 5.91 Å². The van der Waals surface area contributed by atoms with E-state index in [1.165, 1.54) is 11.8 Å². The van der Waals surface area contributed by atoms with Crippen LogP contribution in [0.15, 0.2) is 108 Å². The molecule has 0 heterocycles. The van der Waals surface area contributed by atoms with Crippen LogP contribution in [0.1, 0.15) is 21.2 Å². The zero-order valence-corrected chi connectivity index (χ0v) is 21.9. The summed E-state index contributed by atoms with van der Waals surface area (Å²) in [7, 11) is 1.59. The number of amides is 2. The molecule has 2 N–H and O–H groups in total. The molecule has 4 rings (SSSR count). The number of carbonyl (C=O) groups excluding carboxylic acids is 2. The van der Waals surface area contributed by atoms with Crippen molar-refractivity contribution in [1.82, 2.24) is 0 Å². The van der Waals surface area contributed by atoms with E-state index in [0.29, 0.717) is 17.0 Å². The Morgan fingerprint density at radius 3 is 2.00 bits per heavy atom. The molecule has 0 saturated heterocycles.